The van der Waals surface area contributed by atoms with Gasteiger partial charge >= 0.3 is 0 Å². The Morgan fingerprint density at radius 1 is 1.11 bits per heavy atom. The standard InChI is InChI=1S/C17H21NO/c1-12-16(9-10-19-12)17(18-2)15-8-7-13-5-3-4-6-14(13)11-15/h7-11,17-18H,3-6H2,1-2H3. The van der Waals surface area contributed by atoms with Crippen molar-refractivity contribution in [2.45, 2.75) is 38.6 Å². The number of nitrogens with one attached hydrogen (secondary N) is 1. The Labute approximate surface area is 114 Å². The quantitative estimate of drug-likeness (QED) is 0.903. The number of furan rings is 1. The van der Waals surface area contributed by atoms with Gasteiger partial charge in [0.05, 0.1) is 12.3 Å². The summed E-state index contributed by atoms with van der Waals surface area (Å²) in [6.45, 7) is 2.03. The van der Waals surface area contributed by atoms with Crippen LogP contribution in [0.4, 0.5) is 0 Å². The minimum atomic E-state index is 0.228. The zero-order valence-electron chi connectivity index (χ0n) is 11.7. The van der Waals surface area contributed by atoms with Gasteiger partial charge in [-0.2, -0.15) is 0 Å². The molecule has 0 bridgehead atoms. The fourth-order valence-corrected chi connectivity index (χ4v) is 3.13. The van der Waals surface area contributed by atoms with E-state index in [-0.39, 0.29) is 6.04 Å². The van der Waals surface area contributed by atoms with Gasteiger partial charge in [0, 0.05) is 5.56 Å². The fourth-order valence-electron chi connectivity index (χ4n) is 3.13. The Balaban J connectivity index is 1.98. The molecule has 19 heavy (non-hydrogen) atoms. The fraction of sp³-hybridized carbons (Fsp3) is 0.412. The molecule has 100 valence electrons. The first kappa shape index (κ1) is 12.5. The molecule has 1 aromatic carbocycles. The van der Waals surface area contributed by atoms with Crippen LogP contribution in [0.15, 0.2) is 34.9 Å². The van der Waals surface area contributed by atoms with E-state index < -0.39 is 0 Å². The third-order valence-corrected chi connectivity index (χ3v) is 4.20. The monoisotopic (exact) mass is 255 g/mol. The Kier molecular flexibility index (Phi) is 3.43. The molecule has 0 fully saturated rings. The number of aryl methyl sites for hydroxylation is 3. The number of hydrogen-bond acceptors (Lipinski definition) is 2. The van der Waals surface area contributed by atoms with Crippen molar-refractivity contribution >= 4 is 0 Å². The molecule has 0 spiro atoms. The molecular formula is C17H21NO. The molecule has 0 saturated heterocycles. The second-order valence-electron chi connectivity index (χ2n) is 5.39. The predicted octanol–water partition coefficient (Wildman–Crippen LogP) is 3.78. The van der Waals surface area contributed by atoms with Crippen molar-refractivity contribution in [1.82, 2.24) is 5.32 Å². The van der Waals surface area contributed by atoms with Crippen LogP contribution in [0, 0.1) is 6.92 Å². The SMILES string of the molecule is CNC(c1ccc2c(c1)CCCC2)c1ccoc1C. The van der Waals surface area contributed by atoms with Gasteiger partial charge in [-0.05, 0) is 62.4 Å². The van der Waals surface area contributed by atoms with E-state index in [0.717, 1.165) is 5.76 Å². The van der Waals surface area contributed by atoms with Gasteiger partial charge in [-0.1, -0.05) is 18.2 Å². The number of benzene rings is 1. The van der Waals surface area contributed by atoms with Crippen LogP contribution in [-0.2, 0) is 12.8 Å². The highest BCUT2D eigenvalue weighted by Crippen LogP contribution is 2.29. The van der Waals surface area contributed by atoms with E-state index in [4.69, 9.17) is 4.42 Å². The van der Waals surface area contributed by atoms with Gasteiger partial charge in [-0.15, -0.1) is 0 Å². The summed E-state index contributed by atoms with van der Waals surface area (Å²) >= 11 is 0. The van der Waals surface area contributed by atoms with Crippen LogP contribution in [0.5, 0.6) is 0 Å². The number of fused-ring (bicyclic) bond motifs is 1. The molecule has 0 amide bonds. The zero-order valence-corrected chi connectivity index (χ0v) is 11.7. The molecule has 2 heteroatoms. The van der Waals surface area contributed by atoms with Crippen molar-refractivity contribution in [2.24, 2.45) is 0 Å². The molecule has 1 unspecified atom stereocenters. The molecular weight excluding hydrogens is 234 g/mol. The Bertz CT molecular complexity index is 570. The van der Waals surface area contributed by atoms with Crippen LogP contribution in [0.25, 0.3) is 0 Å². The summed E-state index contributed by atoms with van der Waals surface area (Å²) in [4.78, 5) is 0. The van der Waals surface area contributed by atoms with Gasteiger partial charge in [0.25, 0.3) is 0 Å². The largest absolute Gasteiger partial charge is 0.469 e. The lowest BCUT2D eigenvalue weighted by molar-refractivity contribution is 0.523. The van der Waals surface area contributed by atoms with Gasteiger partial charge in [-0.3, -0.25) is 0 Å². The van der Waals surface area contributed by atoms with Crippen molar-refractivity contribution in [3.63, 3.8) is 0 Å². The van der Waals surface area contributed by atoms with Crippen molar-refractivity contribution in [3.05, 3.63) is 58.5 Å². The normalized spacial score (nSPS) is 16.1. The van der Waals surface area contributed by atoms with Crippen molar-refractivity contribution in [2.75, 3.05) is 7.05 Å². The molecule has 1 atom stereocenters. The summed E-state index contributed by atoms with van der Waals surface area (Å²) in [6.07, 6.45) is 6.90. The van der Waals surface area contributed by atoms with E-state index in [1.165, 1.54) is 47.9 Å². The lowest BCUT2D eigenvalue weighted by Crippen LogP contribution is -2.18. The molecule has 2 nitrogen and oxygen atoms in total. The molecule has 1 aliphatic rings. The summed E-state index contributed by atoms with van der Waals surface area (Å²) in [5.74, 6) is 0.997. The van der Waals surface area contributed by atoms with Gasteiger partial charge in [0.2, 0.25) is 0 Å². The zero-order chi connectivity index (χ0) is 13.2. The van der Waals surface area contributed by atoms with Crippen LogP contribution in [0.3, 0.4) is 0 Å². The maximum Gasteiger partial charge on any atom is 0.105 e. The second-order valence-corrected chi connectivity index (χ2v) is 5.39. The van der Waals surface area contributed by atoms with Crippen LogP contribution in [0.1, 0.15) is 46.9 Å². The Morgan fingerprint density at radius 3 is 2.58 bits per heavy atom. The predicted molar refractivity (Wildman–Crippen MR) is 77.4 cm³/mol. The summed E-state index contributed by atoms with van der Waals surface area (Å²) in [5, 5.41) is 3.41. The third kappa shape index (κ3) is 2.33. The molecule has 1 aliphatic carbocycles. The topological polar surface area (TPSA) is 25.2 Å². The van der Waals surface area contributed by atoms with Crippen LogP contribution in [-0.4, -0.2) is 7.05 Å². The Morgan fingerprint density at radius 2 is 1.89 bits per heavy atom. The lowest BCUT2D eigenvalue weighted by Gasteiger charge is -2.21. The smallest absolute Gasteiger partial charge is 0.105 e. The van der Waals surface area contributed by atoms with Crippen molar-refractivity contribution < 1.29 is 4.42 Å². The van der Waals surface area contributed by atoms with Gasteiger partial charge in [0.15, 0.2) is 0 Å². The highest BCUT2D eigenvalue weighted by atomic mass is 16.3. The molecule has 0 radical (unpaired) electrons. The first-order valence-electron chi connectivity index (χ1n) is 7.12. The van der Waals surface area contributed by atoms with E-state index in [2.05, 4.69) is 29.6 Å². The van der Waals surface area contributed by atoms with Crippen LogP contribution < -0.4 is 5.32 Å². The van der Waals surface area contributed by atoms with Crippen LogP contribution in [0.2, 0.25) is 0 Å². The minimum Gasteiger partial charge on any atom is -0.469 e. The molecule has 1 N–H and O–H groups in total. The molecule has 1 heterocycles. The van der Waals surface area contributed by atoms with Crippen molar-refractivity contribution in [3.8, 4) is 0 Å². The summed E-state index contributed by atoms with van der Waals surface area (Å²) in [7, 11) is 2.01. The average molecular weight is 255 g/mol. The molecule has 3 rings (SSSR count). The van der Waals surface area contributed by atoms with Crippen LogP contribution >= 0.6 is 0 Å². The minimum absolute atomic E-state index is 0.228. The molecule has 0 saturated carbocycles. The lowest BCUT2D eigenvalue weighted by atomic mass is 9.88. The van der Waals surface area contributed by atoms with E-state index in [1.54, 1.807) is 6.26 Å². The van der Waals surface area contributed by atoms with E-state index in [9.17, 15) is 0 Å². The Hall–Kier alpha value is -1.54. The maximum atomic E-state index is 5.44. The van der Waals surface area contributed by atoms with E-state index in [0.29, 0.717) is 0 Å². The highest BCUT2D eigenvalue weighted by molar-refractivity contribution is 5.39. The third-order valence-electron chi connectivity index (χ3n) is 4.20. The first-order chi connectivity index (χ1) is 9.29. The second kappa shape index (κ2) is 5.22. The molecule has 0 aliphatic heterocycles. The molecule has 1 aromatic heterocycles. The summed E-state index contributed by atoms with van der Waals surface area (Å²) in [6, 6.07) is 9.24. The van der Waals surface area contributed by atoms with E-state index >= 15 is 0 Å². The van der Waals surface area contributed by atoms with E-state index in [1.807, 2.05) is 14.0 Å². The van der Waals surface area contributed by atoms with Gasteiger partial charge in [-0.25, -0.2) is 0 Å². The van der Waals surface area contributed by atoms with Gasteiger partial charge < -0.3 is 9.73 Å². The number of hydrogen-bond donors (Lipinski definition) is 1. The first-order valence-corrected chi connectivity index (χ1v) is 7.12. The average Bonchev–Trinajstić information content (AvgIpc) is 2.86. The number of rotatable bonds is 3. The van der Waals surface area contributed by atoms with Gasteiger partial charge in [0.1, 0.15) is 5.76 Å². The maximum absolute atomic E-state index is 5.44. The molecule has 2 aromatic rings. The summed E-state index contributed by atoms with van der Waals surface area (Å²) in [5.41, 5.74) is 5.64. The summed E-state index contributed by atoms with van der Waals surface area (Å²) < 4.78 is 5.44. The van der Waals surface area contributed by atoms with Crippen molar-refractivity contribution in [1.29, 1.82) is 0 Å². The highest BCUT2D eigenvalue weighted by Gasteiger charge is 2.18.